The van der Waals surface area contributed by atoms with E-state index in [-0.39, 0.29) is 26.0 Å². The second-order valence-electron chi connectivity index (χ2n) is 16.4. The number of aliphatic hydroxyl groups is 4. The SMILES string of the molecule is CCCC1=CC[C@@H](NC(=O)OC(C)(C)C)[C@@H](O[C@H]2[C@H](O)[C@@H](O[C@H]3OC[C@](C)(O)[C@H](NC)[C@H]3O)[C@H](NC(=O)[C@@H](O)CCNC(=O)OC(C)(C)C)C[C@@H]2C)O1. The average Bonchev–Trinajstić information content (AvgIpc) is 3.01. The second kappa shape index (κ2) is 18.7. The van der Waals surface area contributed by atoms with Crippen molar-refractivity contribution >= 4 is 18.1 Å². The number of carbonyl (C=O) groups excluding carboxylic acids is 3. The van der Waals surface area contributed by atoms with Crippen LogP contribution in [0.3, 0.4) is 0 Å². The van der Waals surface area contributed by atoms with E-state index in [1.54, 1.807) is 48.6 Å². The summed E-state index contributed by atoms with van der Waals surface area (Å²) in [6.45, 7) is 15.4. The maximum Gasteiger partial charge on any atom is 0.408 e. The zero-order valence-corrected chi connectivity index (χ0v) is 32.8. The van der Waals surface area contributed by atoms with Crippen LogP contribution < -0.4 is 21.3 Å². The number of amides is 3. The third-order valence-corrected chi connectivity index (χ3v) is 9.09. The van der Waals surface area contributed by atoms with Crippen molar-refractivity contribution in [1.29, 1.82) is 0 Å². The van der Waals surface area contributed by atoms with Gasteiger partial charge in [0, 0.05) is 13.0 Å². The van der Waals surface area contributed by atoms with Crippen LogP contribution in [-0.4, -0.2) is 137 Å². The van der Waals surface area contributed by atoms with E-state index in [0.29, 0.717) is 18.6 Å². The van der Waals surface area contributed by atoms with Gasteiger partial charge in [-0.05, 0) is 93.2 Å². The normalized spacial score (nSPS) is 34.2. The van der Waals surface area contributed by atoms with Crippen molar-refractivity contribution < 1.29 is 63.2 Å². The molecule has 1 saturated carbocycles. The van der Waals surface area contributed by atoms with Crippen LogP contribution in [0.5, 0.6) is 0 Å². The fourth-order valence-corrected chi connectivity index (χ4v) is 6.64. The quantitative estimate of drug-likeness (QED) is 0.132. The Labute approximate surface area is 312 Å². The van der Waals surface area contributed by atoms with Gasteiger partial charge in [-0.25, -0.2) is 9.59 Å². The monoisotopic (exact) mass is 760 g/mol. The molecule has 0 unspecified atom stereocenters. The molecule has 2 heterocycles. The van der Waals surface area contributed by atoms with Crippen molar-refractivity contribution in [2.24, 2.45) is 5.92 Å². The van der Waals surface area contributed by atoms with Gasteiger partial charge in [-0.3, -0.25) is 4.79 Å². The third kappa shape index (κ3) is 13.2. The van der Waals surface area contributed by atoms with Gasteiger partial charge in [0.2, 0.25) is 12.2 Å². The maximum absolute atomic E-state index is 13.3. The van der Waals surface area contributed by atoms with E-state index in [1.807, 2.05) is 19.9 Å². The molecule has 1 saturated heterocycles. The molecule has 0 spiro atoms. The molecule has 0 radical (unpaired) electrons. The fraction of sp³-hybridized carbons (Fsp3) is 0.861. The first-order chi connectivity index (χ1) is 24.5. The molecule has 3 amide bonds. The third-order valence-electron chi connectivity index (χ3n) is 9.09. The van der Waals surface area contributed by atoms with Gasteiger partial charge in [-0.15, -0.1) is 0 Å². The van der Waals surface area contributed by atoms with Crippen molar-refractivity contribution in [2.75, 3.05) is 20.2 Å². The highest BCUT2D eigenvalue weighted by Gasteiger charge is 2.52. The smallest absolute Gasteiger partial charge is 0.408 e. The lowest BCUT2D eigenvalue weighted by Crippen LogP contribution is -2.68. The fourth-order valence-electron chi connectivity index (χ4n) is 6.64. The Morgan fingerprint density at radius 1 is 0.962 bits per heavy atom. The summed E-state index contributed by atoms with van der Waals surface area (Å²) in [7, 11) is 1.57. The van der Waals surface area contributed by atoms with Crippen LogP contribution in [-0.2, 0) is 33.2 Å². The average molecular weight is 761 g/mol. The van der Waals surface area contributed by atoms with Gasteiger partial charge in [0.15, 0.2) is 6.29 Å². The highest BCUT2D eigenvalue weighted by Crippen LogP contribution is 2.35. The molecule has 12 atom stereocenters. The van der Waals surface area contributed by atoms with E-state index >= 15 is 0 Å². The maximum atomic E-state index is 13.3. The van der Waals surface area contributed by atoms with Crippen LogP contribution >= 0.6 is 0 Å². The Bertz CT molecular complexity index is 1250. The van der Waals surface area contributed by atoms with Gasteiger partial charge in [0.25, 0.3) is 0 Å². The van der Waals surface area contributed by atoms with Gasteiger partial charge in [0.05, 0.1) is 36.6 Å². The number of ether oxygens (including phenoxy) is 6. The summed E-state index contributed by atoms with van der Waals surface area (Å²) in [6.07, 6.45) is -6.56. The van der Waals surface area contributed by atoms with Gasteiger partial charge in [-0.2, -0.15) is 0 Å². The molecule has 2 fully saturated rings. The molecular weight excluding hydrogens is 696 g/mol. The van der Waals surface area contributed by atoms with E-state index in [0.717, 1.165) is 6.42 Å². The molecule has 17 nitrogen and oxygen atoms in total. The first kappa shape index (κ1) is 44.6. The summed E-state index contributed by atoms with van der Waals surface area (Å²) in [6, 6.07) is -2.45. The molecular formula is C36H64N4O13. The molecule has 0 aromatic carbocycles. The van der Waals surface area contributed by atoms with Crippen LogP contribution in [0, 0.1) is 5.92 Å². The predicted octanol–water partition coefficient (Wildman–Crippen LogP) is 1.30. The Kier molecular flexibility index (Phi) is 15.8. The Morgan fingerprint density at radius 2 is 1.58 bits per heavy atom. The van der Waals surface area contributed by atoms with Crippen molar-refractivity contribution in [2.45, 2.75) is 172 Å². The highest BCUT2D eigenvalue weighted by atomic mass is 16.7. The molecule has 3 rings (SSSR count). The molecule has 0 aromatic heterocycles. The van der Waals surface area contributed by atoms with E-state index < -0.39 is 102 Å². The van der Waals surface area contributed by atoms with E-state index in [1.165, 1.54) is 6.92 Å². The minimum Gasteiger partial charge on any atom is -0.467 e. The number of nitrogens with one attached hydrogen (secondary N) is 4. The lowest BCUT2D eigenvalue weighted by atomic mass is 9.79. The number of rotatable bonds is 13. The number of alkyl carbamates (subject to hydrolysis) is 2. The number of hydrogen-bond donors (Lipinski definition) is 8. The summed E-state index contributed by atoms with van der Waals surface area (Å²) in [5, 5.41) is 55.6. The largest absolute Gasteiger partial charge is 0.467 e. The van der Waals surface area contributed by atoms with Gasteiger partial charge in [-0.1, -0.05) is 13.8 Å². The van der Waals surface area contributed by atoms with Crippen molar-refractivity contribution in [1.82, 2.24) is 21.3 Å². The number of carbonyl (C=O) groups is 3. The van der Waals surface area contributed by atoms with E-state index in [4.69, 9.17) is 28.4 Å². The molecule has 2 aliphatic heterocycles. The lowest BCUT2D eigenvalue weighted by Gasteiger charge is -2.49. The van der Waals surface area contributed by atoms with Crippen molar-refractivity contribution in [3.63, 3.8) is 0 Å². The lowest BCUT2D eigenvalue weighted by molar-refractivity contribution is -0.306. The minimum atomic E-state index is -1.54. The number of hydrogen-bond acceptors (Lipinski definition) is 14. The predicted molar refractivity (Wildman–Crippen MR) is 191 cm³/mol. The first-order valence-corrected chi connectivity index (χ1v) is 18.5. The zero-order chi connectivity index (χ0) is 39.9. The highest BCUT2D eigenvalue weighted by molar-refractivity contribution is 5.81. The van der Waals surface area contributed by atoms with Crippen LogP contribution in [0.1, 0.15) is 94.4 Å². The Balaban J connectivity index is 1.83. The van der Waals surface area contributed by atoms with Crippen LogP contribution in [0.15, 0.2) is 11.8 Å². The minimum absolute atomic E-state index is 0.0508. The van der Waals surface area contributed by atoms with Gasteiger partial charge < -0.3 is 70.1 Å². The van der Waals surface area contributed by atoms with E-state index in [2.05, 4.69) is 21.3 Å². The standard InChI is InChI=1S/C36H64N4O13/c1-11-12-20-13-14-21(40-33(46)53-35(6,7)8)30(49-20)50-26-19(2)17-22(39-29(44)23(41)15-16-38-32(45)52-34(3,4)5)27(24(26)42)51-31-25(43)28(37-10)36(9,47)18-48-31/h13,19,21-28,30-31,37,41-43,47H,11-12,14-18H2,1-10H3,(H,38,45)(H,39,44)(H,40,46)/t19-,21+,22+,23-,24-,25+,26+,27-,28+,30+,31+,36-/m0/s1. The molecule has 306 valence electrons. The van der Waals surface area contributed by atoms with Crippen LogP contribution in [0.2, 0.25) is 0 Å². The second-order valence-corrected chi connectivity index (χ2v) is 16.4. The molecule has 1 aliphatic carbocycles. The summed E-state index contributed by atoms with van der Waals surface area (Å²) in [5.41, 5.74) is -2.91. The van der Waals surface area contributed by atoms with Crippen LogP contribution in [0.4, 0.5) is 9.59 Å². The molecule has 53 heavy (non-hydrogen) atoms. The van der Waals surface area contributed by atoms with Gasteiger partial charge in [0.1, 0.15) is 41.2 Å². The summed E-state index contributed by atoms with van der Waals surface area (Å²) < 4.78 is 35.3. The summed E-state index contributed by atoms with van der Waals surface area (Å²) >= 11 is 0. The molecule has 17 heteroatoms. The summed E-state index contributed by atoms with van der Waals surface area (Å²) in [4.78, 5) is 38.1. The zero-order valence-electron chi connectivity index (χ0n) is 32.8. The topological polar surface area (TPSA) is 236 Å². The Morgan fingerprint density at radius 3 is 2.19 bits per heavy atom. The molecule has 0 bridgehead atoms. The molecule has 0 aromatic rings. The number of allylic oxidation sites excluding steroid dienone is 1. The van der Waals surface area contributed by atoms with Crippen molar-refractivity contribution in [3.05, 3.63) is 11.8 Å². The summed E-state index contributed by atoms with van der Waals surface area (Å²) in [5.74, 6) is -0.536. The van der Waals surface area contributed by atoms with Crippen LogP contribution in [0.25, 0.3) is 0 Å². The van der Waals surface area contributed by atoms with Crippen molar-refractivity contribution in [3.8, 4) is 0 Å². The van der Waals surface area contributed by atoms with Gasteiger partial charge >= 0.3 is 12.2 Å². The number of aliphatic hydroxyl groups excluding tert-OH is 3. The van der Waals surface area contributed by atoms with E-state index in [9.17, 15) is 34.8 Å². The Hall–Kier alpha value is -2.77. The molecule has 8 N–H and O–H groups in total. The number of likely N-dealkylation sites (N-methyl/N-ethyl adjacent to an activating group) is 1. The molecule has 3 aliphatic rings. The first-order valence-electron chi connectivity index (χ1n) is 18.5.